The molecule has 1 aliphatic heterocycles. The topological polar surface area (TPSA) is 34.1 Å². The van der Waals surface area contributed by atoms with Crippen molar-refractivity contribution in [2.24, 2.45) is 0 Å². The monoisotopic (exact) mass is 228 g/mol. The van der Waals surface area contributed by atoms with E-state index in [1.165, 1.54) is 6.42 Å². The molecular formula is C14H16N2O. The molecule has 0 amide bonds. The van der Waals surface area contributed by atoms with E-state index in [1.54, 1.807) is 0 Å². The molecule has 0 saturated carbocycles. The second-order valence-electron chi connectivity index (χ2n) is 4.41. The van der Waals surface area contributed by atoms with E-state index in [4.69, 9.17) is 4.74 Å². The zero-order valence-electron chi connectivity index (χ0n) is 9.73. The number of benzene rings is 1. The van der Waals surface area contributed by atoms with Crippen LogP contribution in [0.25, 0.3) is 10.9 Å². The average Bonchev–Trinajstić information content (AvgIpc) is 2.40. The molecule has 0 radical (unpaired) electrons. The SMILES string of the molecule is c1ccc2c(OC3CCCNC3)ccnc2c1. The van der Waals surface area contributed by atoms with Crippen LogP contribution in [0.1, 0.15) is 12.8 Å². The van der Waals surface area contributed by atoms with Crippen molar-refractivity contribution in [1.82, 2.24) is 10.3 Å². The molecule has 1 aromatic carbocycles. The lowest BCUT2D eigenvalue weighted by molar-refractivity contribution is 0.169. The van der Waals surface area contributed by atoms with Crippen molar-refractivity contribution >= 4 is 10.9 Å². The van der Waals surface area contributed by atoms with Crippen molar-refractivity contribution in [2.75, 3.05) is 13.1 Å². The highest BCUT2D eigenvalue weighted by molar-refractivity contribution is 5.84. The number of aromatic nitrogens is 1. The standard InChI is InChI=1S/C14H16N2O/c1-2-6-13-12(5-1)14(7-9-16-13)17-11-4-3-8-15-10-11/h1-2,5-7,9,11,15H,3-4,8,10H2. The third-order valence-electron chi connectivity index (χ3n) is 3.15. The summed E-state index contributed by atoms with van der Waals surface area (Å²) in [4.78, 5) is 4.34. The first kappa shape index (κ1) is 10.5. The van der Waals surface area contributed by atoms with Crippen LogP contribution >= 0.6 is 0 Å². The fourth-order valence-corrected chi connectivity index (χ4v) is 2.27. The van der Waals surface area contributed by atoms with Crippen LogP contribution in [0.4, 0.5) is 0 Å². The van der Waals surface area contributed by atoms with Crippen LogP contribution in [0.3, 0.4) is 0 Å². The van der Waals surface area contributed by atoms with E-state index in [-0.39, 0.29) is 6.10 Å². The van der Waals surface area contributed by atoms with Gasteiger partial charge in [0.15, 0.2) is 0 Å². The van der Waals surface area contributed by atoms with Crippen molar-refractivity contribution in [2.45, 2.75) is 18.9 Å². The summed E-state index contributed by atoms with van der Waals surface area (Å²) in [5.41, 5.74) is 0.994. The first-order chi connectivity index (χ1) is 8.43. The van der Waals surface area contributed by atoms with Crippen LogP contribution in [-0.4, -0.2) is 24.2 Å². The van der Waals surface area contributed by atoms with Gasteiger partial charge in [0.05, 0.1) is 5.52 Å². The van der Waals surface area contributed by atoms with Gasteiger partial charge >= 0.3 is 0 Å². The number of pyridine rings is 1. The summed E-state index contributed by atoms with van der Waals surface area (Å²) in [6, 6.07) is 10.1. The molecule has 2 heterocycles. The second-order valence-corrected chi connectivity index (χ2v) is 4.41. The van der Waals surface area contributed by atoms with E-state index in [0.29, 0.717) is 0 Å². The molecule has 1 N–H and O–H groups in total. The van der Waals surface area contributed by atoms with Crippen molar-refractivity contribution in [3.63, 3.8) is 0 Å². The van der Waals surface area contributed by atoms with Crippen LogP contribution < -0.4 is 10.1 Å². The first-order valence-corrected chi connectivity index (χ1v) is 6.14. The molecule has 1 unspecified atom stereocenters. The number of para-hydroxylation sites is 1. The predicted molar refractivity (Wildman–Crippen MR) is 68.3 cm³/mol. The number of hydrogen-bond donors (Lipinski definition) is 1. The molecular weight excluding hydrogens is 212 g/mol. The summed E-state index contributed by atoms with van der Waals surface area (Å²) in [7, 11) is 0. The molecule has 17 heavy (non-hydrogen) atoms. The van der Waals surface area contributed by atoms with Gasteiger partial charge < -0.3 is 10.1 Å². The highest BCUT2D eigenvalue weighted by Crippen LogP contribution is 2.25. The lowest BCUT2D eigenvalue weighted by atomic mass is 10.1. The molecule has 0 spiro atoms. The average molecular weight is 228 g/mol. The second kappa shape index (κ2) is 4.72. The van der Waals surface area contributed by atoms with Crippen LogP contribution in [-0.2, 0) is 0 Å². The molecule has 88 valence electrons. The Hall–Kier alpha value is -1.61. The maximum atomic E-state index is 6.07. The maximum Gasteiger partial charge on any atom is 0.130 e. The van der Waals surface area contributed by atoms with E-state index in [9.17, 15) is 0 Å². The van der Waals surface area contributed by atoms with Crippen LogP contribution in [0, 0.1) is 0 Å². The van der Waals surface area contributed by atoms with Crippen LogP contribution in [0.2, 0.25) is 0 Å². The Morgan fingerprint density at radius 2 is 2.18 bits per heavy atom. The molecule has 1 aliphatic rings. The minimum Gasteiger partial charge on any atom is -0.488 e. The Balaban J connectivity index is 1.89. The molecule has 1 aromatic heterocycles. The van der Waals surface area contributed by atoms with Crippen molar-refractivity contribution < 1.29 is 4.74 Å². The first-order valence-electron chi connectivity index (χ1n) is 6.14. The number of ether oxygens (including phenoxy) is 1. The number of nitrogens with zero attached hydrogens (tertiary/aromatic N) is 1. The van der Waals surface area contributed by atoms with Gasteiger partial charge in [-0.2, -0.15) is 0 Å². The van der Waals surface area contributed by atoms with Gasteiger partial charge in [-0.3, -0.25) is 4.98 Å². The molecule has 1 atom stereocenters. The van der Waals surface area contributed by atoms with Crippen molar-refractivity contribution in [1.29, 1.82) is 0 Å². The minimum atomic E-state index is 0.287. The zero-order chi connectivity index (χ0) is 11.5. The van der Waals surface area contributed by atoms with E-state index in [2.05, 4.69) is 16.4 Å². The molecule has 1 saturated heterocycles. The summed E-state index contributed by atoms with van der Waals surface area (Å²) < 4.78 is 6.07. The molecule has 0 aliphatic carbocycles. The van der Waals surface area contributed by atoms with E-state index in [0.717, 1.165) is 36.2 Å². The van der Waals surface area contributed by atoms with Gasteiger partial charge in [-0.25, -0.2) is 0 Å². The molecule has 2 aromatic rings. The van der Waals surface area contributed by atoms with Crippen molar-refractivity contribution in [3.05, 3.63) is 36.5 Å². The number of piperidine rings is 1. The summed E-state index contributed by atoms with van der Waals surface area (Å²) >= 11 is 0. The lowest BCUT2D eigenvalue weighted by Crippen LogP contribution is -2.37. The van der Waals surface area contributed by atoms with Gasteiger partial charge in [0, 0.05) is 18.1 Å². The highest BCUT2D eigenvalue weighted by atomic mass is 16.5. The molecule has 0 bridgehead atoms. The summed E-state index contributed by atoms with van der Waals surface area (Å²) in [6.45, 7) is 2.05. The van der Waals surface area contributed by atoms with E-state index in [1.807, 2.05) is 30.5 Å². The van der Waals surface area contributed by atoms with Gasteiger partial charge in [0.25, 0.3) is 0 Å². The molecule has 3 heteroatoms. The van der Waals surface area contributed by atoms with Gasteiger partial charge in [-0.05, 0) is 37.6 Å². The largest absolute Gasteiger partial charge is 0.488 e. The maximum absolute atomic E-state index is 6.07. The Bertz CT molecular complexity index is 501. The Kier molecular flexibility index (Phi) is 2.92. The van der Waals surface area contributed by atoms with Gasteiger partial charge in [-0.1, -0.05) is 12.1 Å². The Morgan fingerprint density at radius 1 is 1.24 bits per heavy atom. The number of nitrogens with one attached hydrogen (secondary N) is 1. The van der Waals surface area contributed by atoms with Gasteiger partial charge in [0.2, 0.25) is 0 Å². The Labute approximate surface area is 101 Å². The molecule has 1 fully saturated rings. The number of hydrogen-bond acceptors (Lipinski definition) is 3. The number of rotatable bonds is 2. The smallest absolute Gasteiger partial charge is 0.130 e. The van der Waals surface area contributed by atoms with E-state index >= 15 is 0 Å². The fraction of sp³-hybridized carbons (Fsp3) is 0.357. The van der Waals surface area contributed by atoms with Gasteiger partial charge in [-0.15, -0.1) is 0 Å². The minimum absolute atomic E-state index is 0.287. The lowest BCUT2D eigenvalue weighted by Gasteiger charge is -2.24. The molecule has 3 rings (SSSR count). The normalized spacial score (nSPS) is 20.4. The molecule has 3 nitrogen and oxygen atoms in total. The fourth-order valence-electron chi connectivity index (χ4n) is 2.27. The summed E-state index contributed by atoms with van der Waals surface area (Å²) in [5.74, 6) is 0.948. The zero-order valence-corrected chi connectivity index (χ0v) is 9.73. The van der Waals surface area contributed by atoms with Crippen LogP contribution in [0.15, 0.2) is 36.5 Å². The third-order valence-corrected chi connectivity index (χ3v) is 3.15. The Morgan fingerprint density at radius 3 is 3.06 bits per heavy atom. The quantitative estimate of drug-likeness (QED) is 0.856. The number of fused-ring (bicyclic) bond motifs is 1. The third kappa shape index (κ3) is 2.24. The van der Waals surface area contributed by atoms with Crippen molar-refractivity contribution in [3.8, 4) is 5.75 Å². The summed E-state index contributed by atoms with van der Waals surface area (Å²) in [6.07, 6.45) is 4.42. The predicted octanol–water partition coefficient (Wildman–Crippen LogP) is 2.37. The van der Waals surface area contributed by atoms with Gasteiger partial charge in [0.1, 0.15) is 11.9 Å². The van der Waals surface area contributed by atoms with E-state index < -0.39 is 0 Å². The highest BCUT2D eigenvalue weighted by Gasteiger charge is 2.15. The van der Waals surface area contributed by atoms with Crippen LogP contribution in [0.5, 0.6) is 5.75 Å². The summed E-state index contributed by atoms with van der Waals surface area (Å²) in [5, 5.41) is 4.46.